The molecule has 1 unspecified atom stereocenters. The van der Waals surface area contributed by atoms with Crippen molar-refractivity contribution in [1.29, 1.82) is 0 Å². The molecule has 4 rings (SSSR count). The Hall–Kier alpha value is -2.56. The van der Waals surface area contributed by atoms with Crippen molar-refractivity contribution in [2.24, 2.45) is 0 Å². The average Bonchev–Trinajstić information content (AvgIpc) is 2.73. The number of rotatable bonds is 4. The number of ether oxygens (including phenoxy) is 2. The fourth-order valence-electron chi connectivity index (χ4n) is 4.81. The highest BCUT2D eigenvalue weighted by Crippen LogP contribution is 2.43. The Kier molecular flexibility index (Phi) is 5.74. The van der Waals surface area contributed by atoms with Gasteiger partial charge in [0.2, 0.25) is 0 Å². The maximum atomic E-state index is 13.3. The fraction of sp³-hybridized carbons (Fsp3) is 0.500. The van der Waals surface area contributed by atoms with Crippen LogP contribution in [0.15, 0.2) is 46.8 Å². The van der Waals surface area contributed by atoms with Gasteiger partial charge in [-0.2, -0.15) is 0 Å². The molecule has 5 heteroatoms. The van der Waals surface area contributed by atoms with Gasteiger partial charge < -0.3 is 14.8 Å². The maximum absolute atomic E-state index is 13.3. The molecule has 5 nitrogen and oxygen atoms in total. The largest absolute Gasteiger partial charge is 0.497 e. The molecule has 154 valence electrons. The first kappa shape index (κ1) is 19.7. The predicted molar refractivity (Wildman–Crippen MR) is 110 cm³/mol. The van der Waals surface area contributed by atoms with Gasteiger partial charge in [0.1, 0.15) is 11.9 Å². The Morgan fingerprint density at radius 3 is 2.66 bits per heavy atom. The number of allylic oxidation sites excluding steroid dienone is 3. The van der Waals surface area contributed by atoms with E-state index in [2.05, 4.69) is 5.32 Å². The van der Waals surface area contributed by atoms with E-state index in [9.17, 15) is 9.59 Å². The summed E-state index contributed by atoms with van der Waals surface area (Å²) in [5.41, 5.74) is 3.89. The van der Waals surface area contributed by atoms with Gasteiger partial charge in [0.25, 0.3) is 0 Å². The number of carbonyl (C=O) groups is 2. The lowest BCUT2D eigenvalue weighted by Crippen LogP contribution is -2.35. The van der Waals surface area contributed by atoms with E-state index in [1.165, 1.54) is 6.42 Å². The van der Waals surface area contributed by atoms with Gasteiger partial charge in [0, 0.05) is 29.3 Å². The van der Waals surface area contributed by atoms with Gasteiger partial charge in [-0.25, -0.2) is 4.79 Å². The van der Waals surface area contributed by atoms with E-state index in [0.29, 0.717) is 23.3 Å². The topological polar surface area (TPSA) is 64.6 Å². The van der Waals surface area contributed by atoms with E-state index >= 15 is 0 Å². The summed E-state index contributed by atoms with van der Waals surface area (Å²) >= 11 is 0. The Bertz CT molecular complexity index is 877. The molecule has 2 aliphatic carbocycles. The molecule has 1 heterocycles. The Morgan fingerprint density at radius 1 is 1.10 bits per heavy atom. The van der Waals surface area contributed by atoms with E-state index in [0.717, 1.165) is 55.5 Å². The van der Waals surface area contributed by atoms with Gasteiger partial charge in [-0.1, -0.05) is 18.6 Å². The zero-order chi connectivity index (χ0) is 20.4. The van der Waals surface area contributed by atoms with Crippen LogP contribution in [0.3, 0.4) is 0 Å². The minimum Gasteiger partial charge on any atom is -0.497 e. The van der Waals surface area contributed by atoms with Crippen LogP contribution < -0.4 is 10.1 Å². The number of dihydropyridines is 1. The standard InChI is InChI=1S/C24H29NO4/c1-15-21(24(27)29-17-9-4-3-5-10-17)22(16-8-6-11-18(14-16)28-2)23-19(25-15)12-7-13-20(23)26/h6,8,11,14,17,22,25H,3-5,7,9-10,12-13H2,1-2H3. The third-order valence-electron chi connectivity index (χ3n) is 6.25. The number of hydrogen-bond donors (Lipinski definition) is 1. The molecule has 1 aromatic rings. The van der Waals surface area contributed by atoms with Gasteiger partial charge in [0.15, 0.2) is 5.78 Å². The van der Waals surface area contributed by atoms with Crippen LogP contribution in [0.1, 0.15) is 69.8 Å². The number of carbonyl (C=O) groups excluding carboxylic acids is 2. The molecule has 1 aromatic carbocycles. The van der Waals surface area contributed by atoms with Crippen molar-refractivity contribution in [3.8, 4) is 5.75 Å². The molecule has 0 bridgehead atoms. The molecule has 3 aliphatic rings. The number of hydrogen-bond acceptors (Lipinski definition) is 5. The minimum absolute atomic E-state index is 0.0278. The highest BCUT2D eigenvalue weighted by molar-refractivity contribution is 6.03. The van der Waals surface area contributed by atoms with E-state index in [4.69, 9.17) is 9.47 Å². The highest BCUT2D eigenvalue weighted by atomic mass is 16.5. The summed E-state index contributed by atoms with van der Waals surface area (Å²) in [6.45, 7) is 1.91. The summed E-state index contributed by atoms with van der Waals surface area (Å²) in [7, 11) is 1.62. The number of nitrogens with one attached hydrogen (secondary N) is 1. The van der Waals surface area contributed by atoms with Crippen LogP contribution in [0.5, 0.6) is 5.75 Å². The Morgan fingerprint density at radius 2 is 1.90 bits per heavy atom. The molecule has 0 aromatic heterocycles. The lowest BCUT2D eigenvalue weighted by Gasteiger charge is -2.35. The number of benzene rings is 1. The van der Waals surface area contributed by atoms with Gasteiger partial charge >= 0.3 is 5.97 Å². The first-order chi connectivity index (χ1) is 14.1. The van der Waals surface area contributed by atoms with Crippen LogP contribution >= 0.6 is 0 Å². The van der Waals surface area contributed by atoms with Crippen LogP contribution in [-0.4, -0.2) is 25.0 Å². The molecule has 1 aliphatic heterocycles. The molecule has 29 heavy (non-hydrogen) atoms. The molecule has 0 radical (unpaired) electrons. The van der Waals surface area contributed by atoms with Crippen LogP contribution in [0, 0.1) is 0 Å². The maximum Gasteiger partial charge on any atom is 0.337 e. The third kappa shape index (κ3) is 3.96. The van der Waals surface area contributed by atoms with Crippen molar-refractivity contribution in [1.82, 2.24) is 5.32 Å². The number of esters is 1. The third-order valence-corrected chi connectivity index (χ3v) is 6.25. The SMILES string of the molecule is COc1cccc(C2C(C(=O)OC3CCCCC3)=C(C)NC3=C2C(=O)CCC3)c1. The van der Waals surface area contributed by atoms with E-state index in [1.54, 1.807) is 7.11 Å². The molecule has 0 saturated heterocycles. The molecule has 0 spiro atoms. The van der Waals surface area contributed by atoms with Gasteiger partial charge in [-0.05, 0) is 63.1 Å². The molecule has 1 atom stereocenters. The van der Waals surface area contributed by atoms with Crippen LogP contribution in [0.25, 0.3) is 0 Å². The van der Waals surface area contributed by atoms with Crippen molar-refractivity contribution >= 4 is 11.8 Å². The van der Waals surface area contributed by atoms with Gasteiger partial charge in [-0.3, -0.25) is 4.79 Å². The molecule has 1 fully saturated rings. The summed E-state index contributed by atoms with van der Waals surface area (Å²) < 4.78 is 11.3. The summed E-state index contributed by atoms with van der Waals surface area (Å²) in [4.78, 5) is 26.2. The second kappa shape index (κ2) is 8.44. The normalized spacial score (nSPS) is 22.8. The lowest BCUT2D eigenvalue weighted by atomic mass is 9.75. The molecule has 1 saturated carbocycles. The monoisotopic (exact) mass is 395 g/mol. The van der Waals surface area contributed by atoms with Crippen molar-refractivity contribution < 1.29 is 19.1 Å². The number of ketones is 1. The highest BCUT2D eigenvalue weighted by Gasteiger charge is 2.39. The molecular weight excluding hydrogens is 366 g/mol. The molecular formula is C24H29NO4. The first-order valence-electron chi connectivity index (χ1n) is 10.7. The summed E-state index contributed by atoms with van der Waals surface area (Å²) in [6, 6.07) is 7.66. The van der Waals surface area contributed by atoms with Crippen molar-refractivity contribution in [2.75, 3.05) is 7.11 Å². The molecule has 0 amide bonds. The number of Topliss-reactive ketones (excluding diaryl/α,β-unsaturated/α-hetero) is 1. The summed E-state index contributed by atoms with van der Waals surface area (Å²) in [5.74, 6) is 0.107. The zero-order valence-electron chi connectivity index (χ0n) is 17.3. The lowest BCUT2D eigenvalue weighted by molar-refractivity contribution is -0.146. The minimum atomic E-state index is -0.412. The first-order valence-corrected chi connectivity index (χ1v) is 10.7. The molecule has 1 N–H and O–H groups in total. The number of methoxy groups -OCH3 is 1. The fourth-order valence-corrected chi connectivity index (χ4v) is 4.81. The summed E-state index contributed by atoms with van der Waals surface area (Å²) in [6.07, 6.45) is 7.39. The van der Waals surface area contributed by atoms with Crippen molar-refractivity contribution in [3.05, 3.63) is 52.4 Å². The van der Waals surface area contributed by atoms with Gasteiger partial charge in [-0.15, -0.1) is 0 Å². The zero-order valence-corrected chi connectivity index (χ0v) is 17.3. The average molecular weight is 395 g/mol. The Balaban J connectivity index is 1.74. The van der Waals surface area contributed by atoms with E-state index in [-0.39, 0.29) is 17.9 Å². The second-order valence-corrected chi connectivity index (χ2v) is 8.21. The van der Waals surface area contributed by atoms with Crippen LogP contribution in [-0.2, 0) is 14.3 Å². The summed E-state index contributed by atoms with van der Waals surface area (Å²) in [5, 5.41) is 3.35. The quantitative estimate of drug-likeness (QED) is 0.759. The predicted octanol–water partition coefficient (Wildman–Crippen LogP) is 4.54. The van der Waals surface area contributed by atoms with Crippen molar-refractivity contribution in [2.45, 2.75) is 70.3 Å². The van der Waals surface area contributed by atoms with Crippen LogP contribution in [0.2, 0.25) is 0 Å². The van der Waals surface area contributed by atoms with Gasteiger partial charge in [0.05, 0.1) is 12.7 Å². The van der Waals surface area contributed by atoms with Crippen molar-refractivity contribution in [3.63, 3.8) is 0 Å². The van der Waals surface area contributed by atoms with E-state index < -0.39 is 5.92 Å². The Labute approximate surface area is 172 Å². The van der Waals surface area contributed by atoms with E-state index in [1.807, 2.05) is 31.2 Å². The second-order valence-electron chi connectivity index (χ2n) is 8.21. The smallest absolute Gasteiger partial charge is 0.337 e. The van der Waals surface area contributed by atoms with Crippen LogP contribution in [0.4, 0.5) is 0 Å².